The number of hydrogen-bond donors (Lipinski definition) is 1. The maximum Gasteiger partial charge on any atom is 0.245 e. The Morgan fingerprint density at radius 3 is 2.44 bits per heavy atom. The zero-order valence-corrected chi connectivity index (χ0v) is 14.2. The zero-order valence-electron chi connectivity index (χ0n) is 14.2. The third kappa shape index (κ3) is 4.73. The molecular weight excluding hydrogens is 321 g/mol. The smallest absolute Gasteiger partial charge is 0.245 e. The number of piperazine rings is 1. The molecule has 1 amide bonds. The van der Waals surface area contributed by atoms with Crippen LogP contribution >= 0.6 is 0 Å². The van der Waals surface area contributed by atoms with E-state index in [0.717, 1.165) is 31.0 Å². The Bertz CT molecular complexity index is 686. The van der Waals surface area contributed by atoms with Gasteiger partial charge in [0, 0.05) is 32.6 Å². The van der Waals surface area contributed by atoms with Crippen molar-refractivity contribution in [3.8, 4) is 0 Å². The minimum Gasteiger partial charge on any atom is -0.342 e. The monoisotopic (exact) mass is 343 g/mol. The summed E-state index contributed by atoms with van der Waals surface area (Å²) in [5.74, 6) is -0.231. The lowest BCUT2D eigenvalue weighted by molar-refractivity contribution is -0.133. The van der Waals surface area contributed by atoms with Crippen molar-refractivity contribution in [2.75, 3.05) is 38.5 Å². The van der Waals surface area contributed by atoms with Crippen molar-refractivity contribution in [2.24, 2.45) is 0 Å². The quantitative estimate of drug-likeness (QED) is 0.890. The van der Waals surface area contributed by atoms with Crippen LogP contribution in [0.25, 0.3) is 0 Å². The molecule has 1 aromatic carbocycles. The number of benzene rings is 1. The molecule has 2 heterocycles. The second-order valence-corrected chi connectivity index (χ2v) is 6.24. The SMILES string of the molecule is CN1CCN(C(=O)C(Cc2ccccc2)Nc2ncc(F)cn2)CC1. The van der Waals surface area contributed by atoms with E-state index in [-0.39, 0.29) is 11.9 Å². The summed E-state index contributed by atoms with van der Waals surface area (Å²) >= 11 is 0. The van der Waals surface area contributed by atoms with Gasteiger partial charge in [0.2, 0.25) is 11.9 Å². The molecule has 1 unspecified atom stereocenters. The first-order chi connectivity index (χ1) is 12.1. The number of carbonyl (C=O) groups is 1. The highest BCUT2D eigenvalue weighted by Gasteiger charge is 2.27. The first-order valence-corrected chi connectivity index (χ1v) is 8.37. The van der Waals surface area contributed by atoms with Gasteiger partial charge < -0.3 is 15.1 Å². The van der Waals surface area contributed by atoms with E-state index in [0.29, 0.717) is 19.5 Å². The van der Waals surface area contributed by atoms with E-state index in [1.807, 2.05) is 42.3 Å². The molecule has 1 aliphatic heterocycles. The summed E-state index contributed by atoms with van der Waals surface area (Å²) in [5.41, 5.74) is 1.05. The van der Waals surface area contributed by atoms with Gasteiger partial charge in [0.1, 0.15) is 6.04 Å². The van der Waals surface area contributed by atoms with Crippen LogP contribution in [0, 0.1) is 5.82 Å². The topological polar surface area (TPSA) is 61.4 Å². The molecule has 1 atom stereocenters. The van der Waals surface area contributed by atoms with E-state index >= 15 is 0 Å². The number of likely N-dealkylation sites (N-methyl/N-ethyl adjacent to an activating group) is 1. The van der Waals surface area contributed by atoms with Crippen molar-refractivity contribution in [3.05, 3.63) is 54.1 Å². The Morgan fingerprint density at radius 1 is 1.16 bits per heavy atom. The Morgan fingerprint density at radius 2 is 1.80 bits per heavy atom. The van der Waals surface area contributed by atoms with E-state index in [9.17, 15) is 9.18 Å². The van der Waals surface area contributed by atoms with Crippen LogP contribution in [0.5, 0.6) is 0 Å². The van der Waals surface area contributed by atoms with Crippen LogP contribution in [-0.4, -0.2) is 64.9 Å². The summed E-state index contributed by atoms with van der Waals surface area (Å²) in [7, 11) is 2.05. The average Bonchev–Trinajstić information content (AvgIpc) is 2.64. The minimum atomic E-state index is -0.504. The molecule has 7 heteroatoms. The van der Waals surface area contributed by atoms with Crippen LogP contribution in [-0.2, 0) is 11.2 Å². The van der Waals surface area contributed by atoms with Crippen LogP contribution in [0.3, 0.4) is 0 Å². The molecule has 3 rings (SSSR count). The molecule has 2 aromatic rings. The summed E-state index contributed by atoms with van der Waals surface area (Å²) in [4.78, 5) is 24.9. The fourth-order valence-electron chi connectivity index (χ4n) is 2.84. The van der Waals surface area contributed by atoms with Crippen LogP contribution < -0.4 is 5.32 Å². The van der Waals surface area contributed by atoms with Crippen molar-refractivity contribution >= 4 is 11.9 Å². The van der Waals surface area contributed by atoms with Gasteiger partial charge >= 0.3 is 0 Å². The normalized spacial score (nSPS) is 16.5. The Labute approximate surface area is 146 Å². The van der Waals surface area contributed by atoms with Crippen molar-refractivity contribution in [1.29, 1.82) is 0 Å². The molecule has 1 aliphatic rings. The Hall–Kier alpha value is -2.54. The molecule has 1 saturated heterocycles. The van der Waals surface area contributed by atoms with E-state index in [1.165, 1.54) is 0 Å². The number of hydrogen-bond acceptors (Lipinski definition) is 5. The molecule has 0 radical (unpaired) electrons. The van der Waals surface area contributed by atoms with E-state index < -0.39 is 11.9 Å². The first-order valence-electron chi connectivity index (χ1n) is 8.37. The third-order valence-electron chi connectivity index (χ3n) is 4.32. The minimum absolute atomic E-state index is 0.0184. The summed E-state index contributed by atoms with van der Waals surface area (Å²) in [6.07, 6.45) is 2.71. The summed E-state index contributed by atoms with van der Waals surface area (Å²) < 4.78 is 13.0. The molecule has 0 aliphatic carbocycles. The van der Waals surface area contributed by atoms with Crippen molar-refractivity contribution in [3.63, 3.8) is 0 Å². The molecule has 1 N–H and O–H groups in total. The fourth-order valence-corrected chi connectivity index (χ4v) is 2.84. The maximum absolute atomic E-state index is 13.0. The number of rotatable bonds is 5. The number of nitrogens with one attached hydrogen (secondary N) is 1. The molecule has 6 nitrogen and oxygen atoms in total. The van der Waals surface area contributed by atoms with Gasteiger partial charge in [-0.25, -0.2) is 14.4 Å². The summed E-state index contributed by atoms with van der Waals surface area (Å²) in [5, 5.41) is 3.07. The molecular formula is C18H22FN5O. The lowest BCUT2D eigenvalue weighted by Crippen LogP contribution is -2.52. The average molecular weight is 343 g/mol. The molecule has 25 heavy (non-hydrogen) atoms. The molecule has 1 fully saturated rings. The standard InChI is InChI=1S/C18H22FN5O/c1-23-7-9-24(10-8-23)17(25)16(11-14-5-3-2-4-6-14)22-18-20-12-15(19)13-21-18/h2-6,12-13,16H,7-11H2,1H3,(H,20,21,22). The molecule has 0 bridgehead atoms. The van der Waals surface area contributed by atoms with Gasteiger partial charge in [0.05, 0.1) is 12.4 Å². The van der Waals surface area contributed by atoms with Gasteiger partial charge in [-0.05, 0) is 12.6 Å². The highest BCUT2D eigenvalue weighted by atomic mass is 19.1. The number of nitrogens with zero attached hydrogens (tertiary/aromatic N) is 4. The first kappa shape index (κ1) is 17.3. The Kier molecular flexibility index (Phi) is 5.55. The predicted molar refractivity (Wildman–Crippen MR) is 93.6 cm³/mol. The Balaban J connectivity index is 1.75. The fraction of sp³-hybridized carbons (Fsp3) is 0.389. The largest absolute Gasteiger partial charge is 0.342 e. The van der Waals surface area contributed by atoms with E-state index in [1.54, 1.807) is 0 Å². The number of anilines is 1. The summed E-state index contributed by atoms with van der Waals surface area (Å²) in [6, 6.07) is 9.31. The summed E-state index contributed by atoms with van der Waals surface area (Å²) in [6.45, 7) is 3.12. The number of amides is 1. The predicted octanol–water partition coefficient (Wildman–Crippen LogP) is 1.41. The third-order valence-corrected chi connectivity index (χ3v) is 4.32. The van der Waals surface area contributed by atoms with Crippen LogP contribution in [0.15, 0.2) is 42.7 Å². The molecule has 0 spiro atoms. The lowest BCUT2D eigenvalue weighted by atomic mass is 10.0. The van der Waals surface area contributed by atoms with Gasteiger partial charge in [-0.3, -0.25) is 4.79 Å². The molecule has 132 valence electrons. The van der Waals surface area contributed by atoms with Gasteiger partial charge in [-0.2, -0.15) is 0 Å². The molecule has 0 saturated carbocycles. The second-order valence-electron chi connectivity index (χ2n) is 6.24. The lowest BCUT2D eigenvalue weighted by Gasteiger charge is -2.34. The number of halogens is 1. The van der Waals surface area contributed by atoms with Gasteiger partial charge in [-0.15, -0.1) is 0 Å². The molecule has 1 aromatic heterocycles. The van der Waals surface area contributed by atoms with Crippen molar-refractivity contribution in [1.82, 2.24) is 19.8 Å². The van der Waals surface area contributed by atoms with Gasteiger partial charge in [0.15, 0.2) is 5.82 Å². The van der Waals surface area contributed by atoms with Crippen LogP contribution in [0.4, 0.5) is 10.3 Å². The van der Waals surface area contributed by atoms with Gasteiger partial charge in [0.25, 0.3) is 0 Å². The van der Waals surface area contributed by atoms with Crippen LogP contribution in [0.1, 0.15) is 5.56 Å². The number of aromatic nitrogens is 2. The number of carbonyl (C=O) groups excluding carboxylic acids is 1. The zero-order chi connectivity index (χ0) is 17.6. The maximum atomic E-state index is 13.0. The van der Waals surface area contributed by atoms with Gasteiger partial charge in [-0.1, -0.05) is 30.3 Å². The van der Waals surface area contributed by atoms with Crippen molar-refractivity contribution in [2.45, 2.75) is 12.5 Å². The second kappa shape index (κ2) is 8.02. The van der Waals surface area contributed by atoms with E-state index in [2.05, 4.69) is 20.2 Å². The van der Waals surface area contributed by atoms with Crippen molar-refractivity contribution < 1.29 is 9.18 Å². The highest BCUT2D eigenvalue weighted by Crippen LogP contribution is 2.12. The highest BCUT2D eigenvalue weighted by molar-refractivity contribution is 5.84. The van der Waals surface area contributed by atoms with Crippen LogP contribution in [0.2, 0.25) is 0 Å². The van der Waals surface area contributed by atoms with E-state index in [4.69, 9.17) is 0 Å².